The van der Waals surface area contributed by atoms with Crippen LogP contribution >= 0.6 is 0 Å². The Morgan fingerprint density at radius 1 is 1.00 bits per heavy atom. The maximum atomic E-state index is 5.26. The minimum Gasteiger partial charge on any atom is -0.497 e. The molecule has 1 aliphatic heterocycles. The lowest BCUT2D eigenvalue weighted by Gasteiger charge is -2.41. The van der Waals surface area contributed by atoms with Gasteiger partial charge in [0.1, 0.15) is 5.75 Å². The first-order valence-electron chi connectivity index (χ1n) is 9.49. The largest absolute Gasteiger partial charge is 0.497 e. The summed E-state index contributed by atoms with van der Waals surface area (Å²) in [6, 6.07) is 16.9. The first-order chi connectivity index (χ1) is 13.1. The zero-order valence-electron chi connectivity index (χ0n) is 16.2. The molecular formula is C22H26N4O. The highest BCUT2D eigenvalue weighted by atomic mass is 16.5. The second kappa shape index (κ2) is 7.53. The maximum Gasteiger partial charge on any atom is 0.119 e. The summed E-state index contributed by atoms with van der Waals surface area (Å²) in [6.07, 6.45) is 0. The number of anilines is 1. The van der Waals surface area contributed by atoms with Crippen LogP contribution in [0.25, 0.3) is 11.0 Å². The van der Waals surface area contributed by atoms with E-state index in [1.807, 2.05) is 36.4 Å². The Labute approximate surface area is 160 Å². The summed E-state index contributed by atoms with van der Waals surface area (Å²) in [7, 11) is 1.70. The van der Waals surface area contributed by atoms with Crippen LogP contribution in [0, 0.1) is 6.92 Å². The second-order valence-electron chi connectivity index (χ2n) is 7.21. The lowest BCUT2D eigenvalue weighted by atomic mass is 10.1. The fourth-order valence-corrected chi connectivity index (χ4v) is 3.72. The van der Waals surface area contributed by atoms with Crippen molar-refractivity contribution in [3.63, 3.8) is 0 Å². The predicted octanol–water partition coefficient (Wildman–Crippen LogP) is 3.66. The van der Waals surface area contributed by atoms with Crippen LogP contribution in [-0.4, -0.2) is 47.7 Å². The molecule has 1 atom stereocenters. The molecule has 1 saturated heterocycles. The number of para-hydroxylation sites is 2. The number of hydrogen-bond donors (Lipinski definition) is 0. The van der Waals surface area contributed by atoms with E-state index in [2.05, 4.69) is 35.8 Å². The molecule has 4 rings (SSSR count). The van der Waals surface area contributed by atoms with Crippen molar-refractivity contribution in [1.82, 2.24) is 14.9 Å². The Hall–Kier alpha value is -2.66. The lowest BCUT2D eigenvalue weighted by Crippen LogP contribution is -2.51. The number of fused-ring (bicyclic) bond motifs is 1. The highest BCUT2D eigenvalue weighted by Crippen LogP contribution is 2.23. The molecule has 1 fully saturated rings. The molecule has 0 saturated carbocycles. The van der Waals surface area contributed by atoms with E-state index >= 15 is 0 Å². The average Bonchev–Trinajstić information content (AvgIpc) is 2.70. The molecule has 0 unspecified atom stereocenters. The quantitative estimate of drug-likeness (QED) is 0.708. The van der Waals surface area contributed by atoms with E-state index in [1.54, 1.807) is 7.11 Å². The summed E-state index contributed by atoms with van der Waals surface area (Å²) in [6.45, 7) is 8.23. The molecule has 0 bridgehead atoms. The van der Waals surface area contributed by atoms with Gasteiger partial charge in [-0.3, -0.25) is 4.90 Å². The van der Waals surface area contributed by atoms with Crippen LogP contribution in [0.5, 0.6) is 5.75 Å². The van der Waals surface area contributed by atoms with Crippen LogP contribution in [0.15, 0.2) is 48.5 Å². The van der Waals surface area contributed by atoms with Crippen molar-refractivity contribution in [1.29, 1.82) is 0 Å². The molecule has 0 N–H and O–H groups in total. The van der Waals surface area contributed by atoms with Gasteiger partial charge in [0.2, 0.25) is 0 Å². The Kier molecular flexibility index (Phi) is 4.94. The highest BCUT2D eigenvalue weighted by molar-refractivity contribution is 5.74. The second-order valence-corrected chi connectivity index (χ2v) is 7.21. The predicted molar refractivity (Wildman–Crippen MR) is 109 cm³/mol. The van der Waals surface area contributed by atoms with E-state index in [4.69, 9.17) is 14.7 Å². The van der Waals surface area contributed by atoms with E-state index < -0.39 is 0 Å². The van der Waals surface area contributed by atoms with Crippen molar-refractivity contribution in [3.05, 3.63) is 59.9 Å². The van der Waals surface area contributed by atoms with Crippen LogP contribution in [0.1, 0.15) is 18.3 Å². The Morgan fingerprint density at radius 2 is 1.70 bits per heavy atom. The van der Waals surface area contributed by atoms with Gasteiger partial charge in [-0.2, -0.15) is 0 Å². The number of nitrogens with zero attached hydrogens (tertiary/aromatic N) is 4. The normalized spacial score (nSPS) is 18.0. The summed E-state index contributed by atoms with van der Waals surface area (Å²) in [5.41, 5.74) is 5.31. The SMILES string of the molecule is COc1ccc(N2CCN(Cc3nc4ccccc4nc3C)[C@H](C)C2)cc1. The van der Waals surface area contributed by atoms with Gasteiger partial charge in [0.25, 0.3) is 0 Å². The molecule has 0 radical (unpaired) electrons. The van der Waals surface area contributed by atoms with Gasteiger partial charge in [0.15, 0.2) is 0 Å². The molecule has 1 aromatic heterocycles. The number of piperazine rings is 1. The van der Waals surface area contributed by atoms with Crippen LogP contribution in [0.3, 0.4) is 0 Å². The third-order valence-corrected chi connectivity index (χ3v) is 5.40. The number of ether oxygens (including phenoxy) is 1. The van der Waals surface area contributed by atoms with E-state index in [1.165, 1.54) is 5.69 Å². The smallest absolute Gasteiger partial charge is 0.119 e. The summed E-state index contributed by atoms with van der Waals surface area (Å²) in [5, 5.41) is 0. The third kappa shape index (κ3) is 3.74. The molecule has 27 heavy (non-hydrogen) atoms. The van der Waals surface area contributed by atoms with Gasteiger partial charge in [0.05, 0.1) is 29.5 Å². The summed E-state index contributed by atoms with van der Waals surface area (Å²) in [5.74, 6) is 0.899. The Morgan fingerprint density at radius 3 is 2.37 bits per heavy atom. The zero-order valence-corrected chi connectivity index (χ0v) is 16.2. The molecule has 0 amide bonds. The number of aryl methyl sites for hydroxylation is 1. The minimum absolute atomic E-state index is 0.452. The highest BCUT2D eigenvalue weighted by Gasteiger charge is 2.25. The van der Waals surface area contributed by atoms with E-state index in [-0.39, 0.29) is 0 Å². The third-order valence-electron chi connectivity index (χ3n) is 5.40. The summed E-state index contributed by atoms with van der Waals surface area (Å²) < 4.78 is 5.26. The standard InChI is InChI=1S/C22H26N4O/c1-16-14-26(18-8-10-19(27-3)11-9-18)13-12-25(16)15-22-17(2)23-20-6-4-5-7-21(20)24-22/h4-11,16H,12-15H2,1-3H3/t16-/m1/s1. The molecule has 1 aliphatic rings. The summed E-state index contributed by atoms with van der Waals surface area (Å²) in [4.78, 5) is 14.6. The van der Waals surface area contributed by atoms with Gasteiger partial charge in [-0.05, 0) is 50.2 Å². The molecule has 0 spiro atoms. The van der Waals surface area contributed by atoms with E-state index in [0.29, 0.717) is 6.04 Å². The van der Waals surface area contributed by atoms with Gasteiger partial charge in [0, 0.05) is 37.9 Å². The lowest BCUT2D eigenvalue weighted by molar-refractivity contribution is 0.178. The number of aromatic nitrogens is 2. The fourth-order valence-electron chi connectivity index (χ4n) is 3.72. The first-order valence-corrected chi connectivity index (χ1v) is 9.49. The zero-order chi connectivity index (χ0) is 18.8. The number of hydrogen-bond acceptors (Lipinski definition) is 5. The van der Waals surface area contributed by atoms with Crippen molar-refractivity contribution in [3.8, 4) is 5.75 Å². The molecule has 0 aliphatic carbocycles. The molecule has 3 aromatic rings. The Balaban J connectivity index is 1.46. The monoisotopic (exact) mass is 362 g/mol. The molecule has 5 heteroatoms. The van der Waals surface area contributed by atoms with E-state index in [9.17, 15) is 0 Å². The molecule has 5 nitrogen and oxygen atoms in total. The van der Waals surface area contributed by atoms with Crippen molar-refractivity contribution < 1.29 is 4.74 Å². The van der Waals surface area contributed by atoms with E-state index in [0.717, 1.165) is 54.3 Å². The Bertz CT molecular complexity index is 925. The minimum atomic E-state index is 0.452. The average molecular weight is 362 g/mol. The van der Waals surface area contributed by atoms with Crippen molar-refractivity contribution in [2.24, 2.45) is 0 Å². The number of benzene rings is 2. The summed E-state index contributed by atoms with van der Waals surface area (Å²) >= 11 is 0. The van der Waals surface area contributed by atoms with Gasteiger partial charge in [-0.25, -0.2) is 9.97 Å². The number of rotatable bonds is 4. The van der Waals surface area contributed by atoms with Crippen LogP contribution in [0.4, 0.5) is 5.69 Å². The van der Waals surface area contributed by atoms with Crippen molar-refractivity contribution in [2.75, 3.05) is 31.6 Å². The van der Waals surface area contributed by atoms with Crippen molar-refractivity contribution >= 4 is 16.7 Å². The van der Waals surface area contributed by atoms with Gasteiger partial charge in [-0.1, -0.05) is 12.1 Å². The maximum absolute atomic E-state index is 5.26. The van der Waals surface area contributed by atoms with Crippen LogP contribution in [-0.2, 0) is 6.54 Å². The molecule has 2 aromatic carbocycles. The molecule has 2 heterocycles. The molecular weight excluding hydrogens is 336 g/mol. The van der Waals surface area contributed by atoms with Crippen LogP contribution in [0.2, 0.25) is 0 Å². The topological polar surface area (TPSA) is 41.5 Å². The van der Waals surface area contributed by atoms with Crippen LogP contribution < -0.4 is 9.64 Å². The van der Waals surface area contributed by atoms with Crippen molar-refractivity contribution in [2.45, 2.75) is 26.4 Å². The van der Waals surface area contributed by atoms with Gasteiger partial charge < -0.3 is 9.64 Å². The van der Waals surface area contributed by atoms with Gasteiger partial charge >= 0.3 is 0 Å². The molecule has 140 valence electrons. The fraction of sp³-hybridized carbons (Fsp3) is 0.364. The van der Waals surface area contributed by atoms with Gasteiger partial charge in [-0.15, -0.1) is 0 Å². The number of methoxy groups -OCH3 is 1. The first kappa shape index (κ1) is 17.7.